The van der Waals surface area contributed by atoms with Crippen molar-refractivity contribution in [3.8, 4) is 0 Å². The van der Waals surface area contributed by atoms with Gasteiger partial charge in [0, 0.05) is 30.7 Å². The number of rotatable bonds is 5. The molecule has 9 heteroatoms. The highest BCUT2D eigenvalue weighted by atomic mass is 127. The van der Waals surface area contributed by atoms with Crippen LogP contribution in [0.5, 0.6) is 0 Å². The number of halogens is 1. The average Bonchev–Trinajstić information content (AvgIpc) is 3.18. The number of thiazole rings is 1. The Morgan fingerprint density at radius 3 is 2.78 bits per heavy atom. The molecule has 1 aliphatic rings. The Morgan fingerprint density at radius 1 is 1.44 bits per heavy atom. The second-order valence-electron chi connectivity index (χ2n) is 7.32. The van der Waals surface area contributed by atoms with Crippen molar-refractivity contribution in [2.24, 2.45) is 4.99 Å². The normalized spacial score (nSPS) is 17.4. The molecule has 0 saturated carbocycles. The first-order valence-corrected chi connectivity index (χ1v) is 10.1. The minimum Gasteiger partial charge on any atom is -0.444 e. The molecule has 1 atom stereocenters. The van der Waals surface area contributed by atoms with E-state index in [2.05, 4.69) is 34.4 Å². The van der Waals surface area contributed by atoms with E-state index in [-0.39, 0.29) is 36.1 Å². The van der Waals surface area contributed by atoms with Crippen LogP contribution in [0.15, 0.2) is 11.2 Å². The second kappa shape index (κ2) is 11.0. The van der Waals surface area contributed by atoms with Gasteiger partial charge >= 0.3 is 6.09 Å². The Kier molecular flexibility index (Phi) is 9.78. The number of likely N-dealkylation sites (tertiary alicyclic amines) is 1. The van der Waals surface area contributed by atoms with Crippen LogP contribution < -0.4 is 10.6 Å². The number of carbonyl (C=O) groups is 1. The summed E-state index contributed by atoms with van der Waals surface area (Å²) >= 11 is 1.71. The first-order chi connectivity index (χ1) is 12.3. The Labute approximate surface area is 183 Å². The zero-order valence-corrected chi connectivity index (χ0v) is 20.0. The molecule has 0 bridgehead atoms. The number of ether oxygens (including phenoxy) is 1. The molecular weight excluding hydrogens is 477 g/mol. The van der Waals surface area contributed by atoms with E-state index in [0.29, 0.717) is 6.54 Å². The molecule has 2 heterocycles. The highest BCUT2D eigenvalue weighted by molar-refractivity contribution is 14.0. The number of aromatic nitrogens is 1. The van der Waals surface area contributed by atoms with Crippen LogP contribution in [-0.2, 0) is 17.7 Å². The largest absolute Gasteiger partial charge is 0.444 e. The molecule has 1 amide bonds. The number of carbonyl (C=O) groups excluding carboxylic acids is 1. The maximum atomic E-state index is 12.0. The number of alkyl carbamates (subject to hydrolysis) is 1. The van der Waals surface area contributed by atoms with Crippen LogP contribution >= 0.6 is 35.3 Å². The molecule has 0 aromatic carbocycles. The zero-order valence-electron chi connectivity index (χ0n) is 16.9. The van der Waals surface area contributed by atoms with Crippen molar-refractivity contribution in [2.45, 2.75) is 65.6 Å². The van der Waals surface area contributed by atoms with Gasteiger partial charge in [-0.2, -0.15) is 0 Å². The van der Waals surface area contributed by atoms with E-state index in [1.165, 1.54) is 4.88 Å². The van der Waals surface area contributed by atoms with Crippen LogP contribution in [0.4, 0.5) is 4.79 Å². The van der Waals surface area contributed by atoms with Crippen molar-refractivity contribution < 1.29 is 9.53 Å². The summed E-state index contributed by atoms with van der Waals surface area (Å²) in [5.74, 6) is 0.870. The van der Waals surface area contributed by atoms with Crippen molar-refractivity contribution in [2.75, 3.05) is 19.6 Å². The lowest BCUT2D eigenvalue weighted by atomic mass is 10.2. The monoisotopic (exact) mass is 509 g/mol. The molecular formula is C18H32IN5O2S. The zero-order chi connectivity index (χ0) is 19.2. The fourth-order valence-electron chi connectivity index (χ4n) is 2.70. The van der Waals surface area contributed by atoms with Crippen LogP contribution in [0.1, 0.15) is 50.9 Å². The summed E-state index contributed by atoms with van der Waals surface area (Å²) in [5, 5.41) is 7.32. The van der Waals surface area contributed by atoms with E-state index in [1.807, 2.05) is 27.0 Å². The van der Waals surface area contributed by atoms with Crippen LogP contribution in [0.2, 0.25) is 0 Å². The van der Waals surface area contributed by atoms with E-state index in [0.717, 1.165) is 43.4 Å². The topological polar surface area (TPSA) is 78.9 Å². The highest BCUT2D eigenvalue weighted by Gasteiger charge is 2.27. The number of guanidine groups is 1. The molecule has 0 radical (unpaired) electrons. The Balaban J connectivity index is 0.00000364. The molecule has 1 unspecified atom stereocenters. The minimum atomic E-state index is -0.482. The van der Waals surface area contributed by atoms with Gasteiger partial charge in [0.05, 0.1) is 12.6 Å². The summed E-state index contributed by atoms with van der Waals surface area (Å²) in [4.78, 5) is 24.6. The summed E-state index contributed by atoms with van der Waals surface area (Å²) in [5.41, 5.74) is -0.482. The van der Waals surface area contributed by atoms with Gasteiger partial charge in [0.1, 0.15) is 10.6 Å². The molecule has 27 heavy (non-hydrogen) atoms. The summed E-state index contributed by atoms with van der Waals surface area (Å²) in [6.07, 6.45) is 3.45. The van der Waals surface area contributed by atoms with Crippen LogP contribution in [0.3, 0.4) is 0 Å². The quantitative estimate of drug-likeness (QED) is 0.362. The van der Waals surface area contributed by atoms with Gasteiger partial charge in [-0.25, -0.2) is 14.8 Å². The molecule has 7 nitrogen and oxygen atoms in total. The Hall–Kier alpha value is -1.10. The van der Waals surface area contributed by atoms with Gasteiger partial charge in [0.25, 0.3) is 0 Å². The summed E-state index contributed by atoms with van der Waals surface area (Å²) < 4.78 is 5.34. The Bertz CT molecular complexity index is 630. The third kappa shape index (κ3) is 8.20. The molecule has 1 aromatic heterocycles. The van der Waals surface area contributed by atoms with Gasteiger partial charge < -0.3 is 20.3 Å². The van der Waals surface area contributed by atoms with E-state index < -0.39 is 5.60 Å². The van der Waals surface area contributed by atoms with Gasteiger partial charge in [0.15, 0.2) is 5.96 Å². The van der Waals surface area contributed by atoms with E-state index in [9.17, 15) is 4.79 Å². The lowest BCUT2D eigenvalue weighted by Gasteiger charge is -2.23. The van der Waals surface area contributed by atoms with E-state index in [1.54, 1.807) is 11.3 Å². The van der Waals surface area contributed by atoms with Crippen molar-refractivity contribution >= 4 is 47.4 Å². The lowest BCUT2D eigenvalue weighted by molar-refractivity contribution is 0.0507. The standard InChI is InChI=1S/C18H31N5O2S.HI/c1-6-14-10-20-15(26-14)11-21-16(19-7-2)23-9-8-13(12-23)22-17(24)25-18(3,4)5;/h10,13H,6-9,11-12H2,1-5H3,(H,19,21)(H,22,24);1H. The van der Waals surface area contributed by atoms with Crippen molar-refractivity contribution in [1.82, 2.24) is 20.5 Å². The summed E-state index contributed by atoms with van der Waals surface area (Å²) in [6.45, 7) is 12.7. The summed E-state index contributed by atoms with van der Waals surface area (Å²) in [6, 6.07) is 0.0697. The Morgan fingerprint density at radius 2 is 2.19 bits per heavy atom. The van der Waals surface area contributed by atoms with E-state index >= 15 is 0 Å². The van der Waals surface area contributed by atoms with Crippen LogP contribution in [0.25, 0.3) is 0 Å². The number of nitrogens with zero attached hydrogens (tertiary/aromatic N) is 3. The fraction of sp³-hybridized carbons (Fsp3) is 0.722. The molecule has 1 aromatic rings. The average molecular weight is 509 g/mol. The molecule has 1 fully saturated rings. The SMILES string of the molecule is CCNC(=NCc1ncc(CC)s1)N1CCC(NC(=O)OC(C)(C)C)C1.I. The number of hydrogen-bond donors (Lipinski definition) is 2. The van der Waals surface area contributed by atoms with Crippen molar-refractivity contribution in [1.29, 1.82) is 0 Å². The van der Waals surface area contributed by atoms with Crippen molar-refractivity contribution in [3.05, 3.63) is 16.1 Å². The van der Waals surface area contributed by atoms with Gasteiger partial charge in [0.2, 0.25) is 0 Å². The second-order valence-corrected chi connectivity index (χ2v) is 8.52. The summed E-state index contributed by atoms with van der Waals surface area (Å²) in [7, 11) is 0. The van der Waals surface area contributed by atoms with Gasteiger partial charge in [-0.15, -0.1) is 35.3 Å². The number of aryl methyl sites for hydroxylation is 1. The third-order valence-electron chi connectivity index (χ3n) is 3.86. The molecule has 0 aliphatic carbocycles. The van der Waals surface area contributed by atoms with E-state index in [4.69, 9.17) is 9.73 Å². The van der Waals surface area contributed by atoms with Crippen molar-refractivity contribution in [3.63, 3.8) is 0 Å². The fourth-order valence-corrected chi connectivity index (χ4v) is 3.48. The predicted molar refractivity (Wildman–Crippen MR) is 121 cm³/mol. The molecule has 2 rings (SSSR count). The third-order valence-corrected chi connectivity index (χ3v) is 4.98. The maximum Gasteiger partial charge on any atom is 0.407 e. The van der Waals surface area contributed by atoms with Gasteiger partial charge in [-0.05, 0) is 40.5 Å². The molecule has 1 saturated heterocycles. The molecule has 154 valence electrons. The highest BCUT2D eigenvalue weighted by Crippen LogP contribution is 2.15. The first-order valence-electron chi connectivity index (χ1n) is 9.27. The number of hydrogen-bond acceptors (Lipinski definition) is 5. The molecule has 2 N–H and O–H groups in total. The molecule has 0 spiro atoms. The number of nitrogens with one attached hydrogen (secondary N) is 2. The first kappa shape index (κ1) is 23.9. The lowest BCUT2D eigenvalue weighted by Crippen LogP contribution is -2.44. The van der Waals surface area contributed by atoms with Gasteiger partial charge in [-0.1, -0.05) is 6.92 Å². The predicted octanol–water partition coefficient (Wildman–Crippen LogP) is 3.39. The van der Waals surface area contributed by atoms with Crippen LogP contribution in [0, 0.1) is 0 Å². The maximum absolute atomic E-state index is 12.0. The smallest absolute Gasteiger partial charge is 0.407 e. The van der Waals surface area contributed by atoms with Gasteiger partial charge in [-0.3, -0.25) is 0 Å². The molecule has 1 aliphatic heterocycles. The van der Waals surface area contributed by atoms with Crippen LogP contribution in [-0.4, -0.2) is 53.2 Å². The number of amides is 1. The minimum absolute atomic E-state index is 0. The number of aliphatic imine (C=N–C) groups is 1.